The highest BCUT2D eigenvalue weighted by Gasteiger charge is 2.08. The summed E-state index contributed by atoms with van der Waals surface area (Å²) >= 11 is 0. The van der Waals surface area contributed by atoms with E-state index in [1.165, 1.54) is 0 Å². The third-order valence-corrected chi connectivity index (χ3v) is 4.75. The van der Waals surface area contributed by atoms with Crippen LogP contribution in [0, 0.1) is 0 Å². The Bertz CT molecular complexity index is 1230. The number of fused-ring (bicyclic) bond motifs is 1. The number of likely N-dealkylation sites (N-methyl/N-ethyl adjacent to an activating group) is 1. The van der Waals surface area contributed by atoms with Crippen LogP contribution in [0.2, 0.25) is 0 Å². The van der Waals surface area contributed by atoms with Crippen LogP contribution in [0.5, 0.6) is 11.5 Å². The van der Waals surface area contributed by atoms with Gasteiger partial charge < -0.3 is 19.2 Å². The zero-order valence-corrected chi connectivity index (χ0v) is 17.3. The highest BCUT2D eigenvalue weighted by atomic mass is 16.5. The van der Waals surface area contributed by atoms with Gasteiger partial charge in [0.1, 0.15) is 5.52 Å². The molecule has 0 bridgehead atoms. The maximum absolute atomic E-state index is 11.4. The molecule has 1 N–H and O–H groups in total. The highest BCUT2D eigenvalue weighted by Crippen LogP contribution is 2.29. The first-order valence-electron chi connectivity index (χ1n) is 9.82. The van der Waals surface area contributed by atoms with Crippen molar-refractivity contribution < 1.29 is 18.7 Å². The van der Waals surface area contributed by atoms with Crippen molar-refractivity contribution in [3.05, 3.63) is 78.2 Å². The Labute approximate surface area is 180 Å². The summed E-state index contributed by atoms with van der Waals surface area (Å²) in [6.45, 7) is -0.0735. The van der Waals surface area contributed by atoms with Crippen LogP contribution >= 0.6 is 0 Å². The average Bonchev–Trinajstić information content (AvgIpc) is 3.24. The van der Waals surface area contributed by atoms with Crippen molar-refractivity contribution in [1.29, 1.82) is 0 Å². The first-order valence-corrected chi connectivity index (χ1v) is 9.82. The number of hydrogen-bond donors (Lipinski definition) is 1. The number of ether oxygens (including phenoxy) is 2. The van der Waals surface area contributed by atoms with Gasteiger partial charge in [0.05, 0.1) is 7.11 Å². The van der Waals surface area contributed by atoms with Crippen LogP contribution in [0.15, 0.2) is 71.1 Å². The standard InChI is InChI=1S/C25H22N2O4/c1-26-24(28)16-30-22-11-8-17(14-23(22)29-2)9-13-25-27-20-15-19(10-12-21(20)31-25)18-6-4-3-5-7-18/h3-15H,16H2,1-2H3,(H,26,28)/b13-9+. The van der Waals surface area contributed by atoms with E-state index >= 15 is 0 Å². The molecule has 0 fully saturated rings. The van der Waals surface area contributed by atoms with Crippen molar-refractivity contribution in [1.82, 2.24) is 10.3 Å². The number of carbonyl (C=O) groups excluding carboxylic acids is 1. The zero-order chi connectivity index (χ0) is 21.6. The van der Waals surface area contributed by atoms with Crippen LogP contribution in [0.3, 0.4) is 0 Å². The van der Waals surface area contributed by atoms with Crippen LogP contribution < -0.4 is 14.8 Å². The lowest BCUT2D eigenvalue weighted by molar-refractivity contribution is -0.122. The molecule has 6 nitrogen and oxygen atoms in total. The molecular weight excluding hydrogens is 392 g/mol. The lowest BCUT2D eigenvalue weighted by Crippen LogP contribution is -2.24. The van der Waals surface area contributed by atoms with Gasteiger partial charge in [-0.25, -0.2) is 4.98 Å². The third kappa shape index (κ3) is 4.75. The van der Waals surface area contributed by atoms with E-state index in [2.05, 4.69) is 22.4 Å². The minimum Gasteiger partial charge on any atom is -0.493 e. The van der Waals surface area contributed by atoms with E-state index < -0.39 is 0 Å². The van der Waals surface area contributed by atoms with E-state index in [0.717, 1.165) is 27.8 Å². The maximum Gasteiger partial charge on any atom is 0.257 e. The Morgan fingerprint density at radius 2 is 1.84 bits per heavy atom. The molecule has 0 saturated carbocycles. The molecule has 6 heteroatoms. The predicted molar refractivity (Wildman–Crippen MR) is 121 cm³/mol. The number of amides is 1. The van der Waals surface area contributed by atoms with Gasteiger partial charge in [0.15, 0.2) is 23.7 Å². The first kappa shape index (κ1) is 20.2. The molecule has 0 aliphatic carbocycles. The molecule has 0 saturated heterocycles. The van der Waals surface area contributed by atoms with Crippen molar-refractivity contribution in [2.24, 2.45) is 0 Å². The molecule has 3 aromatic carbocycles. The molecule has 4 rings (SSSR count). The smallest absolute Gasteiger partial charge is 0.257 e. The molecule has 0 aliphatic rings. The van der Waals surface area contributed by atoms with Crippen LogP contribution in [0.25, 0.3) is 34.4 Å². The monoisotopic (exact) mass is 414 g/mol. The summed E-state index contributed by atoms with van der Waals surface area (Å²) in [7, 11) is 3.12. The first-order chi connectivity index (χ1) is 15.2. The number of hydrogen-bond acceptors (Lipinski definition) is 5. The summed E-state index contributed by atoms with van der Waals surface area (Å²) in [4.78, 5) is 16.0. The van der Waals surface area contributed by atoms with E-state index in [9.17, 15) is 4.79 Å². The number of nitrogens with one attached hydrogen (secondary N) is 1. The third-order valence-electron chi connectivity index (χ3n) is 4.75. The number of rotatable bonds is 7. The van der Waals surface area contributed by atoms with Gasteiger partial charge in [-0.3, -0.25) is 4.79 Å². The van der Waals surface area contributed by atoms with E-state index in [1.807, 2.05) is 60.7 Å². The van der Waals surface area contributed by atoms with Crippen molar-refractivity contribution in [3.63, 3.8) is 0 Å². The van der Waals surface area contributed by atoms with Gasteiger partial charge >= 0.3 is 0 Å². The molecule has 0 unspecified atom stereocenters. The number of aromatic nitrogens is 1. The Morgan fingerprint density at radius 3 is 2.61 bits per heavy atom. The SMILES string of the molecule is CNC(=O)COc1ccc(/C=C/c2nc3cc(-c4ccccc4)ccc3o2)cc1OC. The quantitative estimate of drug-likeness (QED) is 0.470. The molecule has 0 aliphatic heterocycles. The summed E-state index contributed by atoms with van der Waals surface area (Å²) < 4.78 is 16.7. The second-order valence-electron chi connectivity index (χ2n) is 6.81. The lowest BCUT2D eigenvalue weighted by atomic mass is 10.1. The molecule has 0 spiro atoms. The Balaban J connectivity index is 1.53. The second-order valence-corrected chi connectivity index (χ2v) is 6.81. The van der Waals surface area contributed by atoms with Gasteiger partial charge in [0.2, 0.25) is 5.89 Å². The fourth-order valence-electron chi connectivity index (χ4n) is 3.12. The largest absolute Gasteiger partial charge is 0.493 e. The van der Waals surface area contributed by atoms with Crippen LogP contribution in [-0.2, 0) is 4.79 Å². The Kier molecular flexibility index (Phi) is 5.98. The van der Waals surface area contributed by atoms with Gasteiger partial charge in [-0.1, -0.05) is 42.5 Å². The number of carbonyl (C=O) groups is 1. The van der Waals surface area contributed by atoms with Gasteiger partial charge in [0.25, 0.3) is 5.91 Å². The zero-order valence-electron chi connectivity index (χ0n) is 17.3. The minimum absolute atomic E-state index is 0.0735. The van der Waals surface area contributed by atoms with Crippen LogP contribution in [0.4, 0.5) is 0 Å². The van der Waals surface area contributed by atoms with Crippen molar-refractivity contribution in [3.8, 4) is 22.6 Å². The van der Waals surface area contributed by atoms with Crippen LogP contribution in [0.1, 0.15) is 11.5 Å². The highest BCUT2D eigenvalue weighted by molar-refractivity contribution is 5.82. The van der Waals surface area contributed by atoms with E-state index in [0.29, 0.717) is 17.4 Å². The van der Waals surface area contributed by atoms with E-state index in [-0.39, 0.29) is 12.5 Å². The number of nitrogens with zero attached hydrogens (tertiary/aromatic N) is 1. The fourth-order valence-corrected chi connectivity index (χ4v) is 3.12. The molecule has 156 valence electrons. The van der Waals surface area contributed by atoms with Gasteiger partial charge in [-0.05, 0) is 47.0 Å². The molecular formula is C25H22N2O4. The normalized spacial score (nSPS) is 11.0. The summed E-state index contributed by atoms with van der Waals surface area (Å²) in [6, 6.07) is 21.6. The Hall–Kier alpha value is -4.06. The molecule has 1 amide bonds. The molecule has 0 atom stereocenters. The summed E-state index contributed by atoms with van der Waals surface area (Å²) in [5.41, 5.74) is 4.65. The second kappa shape index (κ2) is 9.17. The molecule has 31 heavy (non-hydrogen) atoms. The molecule has 0 radical (unpaired) electrons. The minimum atomic E-state index is -0.211. The van der Waals surface area contributed by atoms with E-state index in [4.69, 9.17) is 13.9 Å². The van der Waals surface area contributed by atoms with Crippen molar-refractivity contribution >= 4 is 29.2 Å². The van der Waals surface area contributed by atoms with Crippen LogP contribution in [-0.4, -0.2) is 31.7 Å². The van der Waals surface area contributed by atoms with Gasteiger partial charge in [-0.15, -0.1) is 0 Å². The molecule has 1 heterocycles. The number of benzene rings is 3. The molecule has 1 aromatic heterocycles. The topological polar surface area (TPSA) is 73.6 Å². The maximum atomic E-state index is 11.4. The average molecular weight is 414 g/mol. The predicted octanol–water partition coefficient (Wildman–Crippen LogP) is 4.80. The Morgan fingerprint density at radius 1 is 1.00 bits per heavy atom. The fraction of sp³-hybridized carbons (Fsp3) is 0.120. The van der Waals surface area contributed by atoms with Crippen molar-refractivity contribution in [2.45, 2.75) is 0 Å². The summed E-state index contributed by atoms with van der Waals surface area (Å²) in [5.74, 6) is 1.34. The lowest BCUT2D eigenvalue weighted by Gasteiger charge is -2.10. The van der Waals surface area contributed by atoms with Gasteiger partial charge in [0, 0.05) is 13.1 Å². The summed E-state index contributed by atoms with van der Waals surface area (Å²) in [5, 5.41) is 2.51. The summed E-state index contributed by atoms with van der Waals surface area (Å²) in [6.07, 6.45) is 3.69. The molecule has 4 aromatic rings. The van der Waals surface area contributed by atoms with Crippen molar-refractivity contribution in [2.75, 3.05) is 20.8 Å². The van der Waals surface area contributed by atoms with E-state index in [1.54, 1.807) is 20.2 Å². The number of methoxy groups -OCH3 is 1. The number of oxazole rings is 1. The van der Waals surface area contributed by atoms with Gasteiger partial charge in [-0.2, -0.15) is 0 Å².